The Morgan fingerprint density at radius 3 is 1.94 bits per heavy atom. The fraction of sp³-hybridized carbons (Fsp3) is 0.769. The SMILES string of the molecule is C=C(C)C(=O)OCCS(=O)(=O)C(C)(C)C(C)(C)C. The zero-order valence-corrected chi connectivity index (χ0v) is 13.0. The third kappa shape index (κ3) is 3.83. The number of carbonyl (C=O) groups excluding carboxylic acids is 1. The van der Waals surface area contributed by atoms with Gasteiger partial charge in [0, 0.05) is 5.57 Å². The summed E-state index contributed by atoms with van der Waals surface area (Å²) < 4.78 is 28.4. The Kier molecular flexibility index (Phi) is 5.17. The molecule has 0 bridgehead atoms. The number of hydrogen-bond acceptors (Lipinski definition) is 4. The summed E-state index contributed by atoms with van der Waals surface area (Å²) >= 11 is 0. The molecule has 0 N–H and O–H groups in total. The van der Waals surface area contributed by atoms with Gasteiger partial charge >= 0.3 is 5.97 Å². The first kappa shape index (κ1) is 17.2. The van der Waals surface area contributed by atoms with Gasteiger partial charge in [0.2, 0.25) is 0 Å². The molecule has 0 fully saturated rings. The van der Waals surface area contributed by atoms with Crippen molar-refractivity contribution in [1.29, 1.82) is 0 Å². The van der Waals surface area contributed by atoms with E-state index < -0.39 is 20.6 Å². The van der Waals surface area contributed by atoms with E-state index in [0.717, 1.165) is 0 Å². The maximum Gasteiger partial charge on any atom is 0.333 e. The van der Waals surface area contributed by atoms with Crippen LogP contribution in [0.3, 0.4) is 0 Å². The van der Waals surface area contributed by atoms with E-state index in [-0.39, 0.29) is 23.3 Å². The first-order valence-electron chi connectivity index (χ1n) is 5.88. The van der Waals surface area contributed by atoms with E-state index in [2.05, 4.69) is 6.58 Å². The fourth-order valence-electron chi connectivity index (χ4n) is 1.09. The van der Waals surface area contributed by atoms with Crippen LogP contribution in [-0.2, 0) is 19.4 Å². The fourth-order valence-corrected chi connectivity index (χ4v) is 2.84. The van der Waals surface area contributed by atoms with Crippen molar-refractivity contribution in [2.75, 3.05) is 12.4 Å². The highest BCUT2D eigenvalue weighted by Gasteiger charge is 2.44. The molecule has 0 saturated heterocycles. The highest BCUT2D eigenvalue weighted by Crippen LogP contribution is 2.36. The molecule has 0 aliphatic rings. The quantitative estimate of drug-likeness (QED) is 0.571. The molecule has 0 radical (unpaired) electrons. The molecule has 0 amide bonds. The Balaban J connectivity index is 4.70. The van der Waals surface area contributed by atoms with Crippen LogP contribution in [0.2, 0.25) is 0 Å². The molecule has 0 aromatic carbocycles. The van der Waals surface area contributed by atoms with E-state index in [1.165, 1.54) is 6.92 Å². The van der Waals surface area contributed by atoms with Gasteiger partial charge in [0.15, 0.2) is 9.84 Å². The lowest BCUT2D eigenvalue weighted by atomic mass is 9.83. The number of hydrogen-bond donors (Lipinski definition) is 0. The summed E-state index contributed by atoms with van der Waals surface area (Å²) in [6.07, 6.45) is 0. The van der Waals surface area contributed by atoms with Crippen molar-refractivity contribution in [1.82, 2.24) is 0 Å². The molecule has 4 nitrogen and oxygen atoms in total. The van der Waals surface area contributed by atoms with Gasteiger partial charge < -0.3 is 4.74 Å². The monoisotopic (exact) mass is 276 g/mol. The van der Waals surface area contributed by atoms with Crippen LogP contribution in [0.1, 0.15) is 41.5 Å². The Morgan fingerprint density at radius 1 is 1.17 bits per heavy atom. The van der Waals surface area contributed by atoms with Crippen molar-refractivity contribution in [2.45, 2.75) is 46.3 Å². The van der Waals surface area contributed by atoms with Crippen LogP contribution in [0, 0.1) is 5.41 Å². The summed E-state index contributed by atoms with van der Waals surface area (Å²) in [5.74, 6) is -0.727. The molecule has 106 valence electrons. The summed E-state index contributed by atoms with van der Waals surface area (Å²) in [6.45, 7) is 13.9. The van der Waals surface area contributed by atoms with Crippen molar-refractivity contribution in [3.8, 4) is 0 Å². The van der Waals surface area contributed by atoms with Crippen LogP contribution in [0.5, 0.6) is 0 Å². The van der Waals surface area contributed by atoms with E-state index in [1.54, 1.807) is 13.8 Å². The predicted octanol–water partition coefficient (Wildman–Crippen LogP) is 2.35. The summed E-state index contributed by atoms with van der Waals surface area (Å²) in [5.41, 5.74) is -0.119. The third-order valence-corrected chi connectivity index (χ3v) is 6.39. The van der Waals surface area contributed by atoms with Gasteiger partial charge in [-0.05, 0) is 26.2 Å². The Bertz CT molecular complexity index is 424. The minimum atomic E-state index is -3.35. The number of ether oxygens (including phenoxy) is 1. The van der Waals surface area contributed by atoms with E-state index in [1.807, 2.05) is 20.8 Å². The van der Waals surface area contributed by atoms with Gasteiger partial charge in [0.1, 0.15) is 6.61 Å². The smallest absolute Gasteiger partial charge is 0.333 e. The number of esters is 1. The van der Waals surface area contributed by atoms with Crippen LogP contribution in [0.4, 0.5) is 0 Å². The van der Waals surface area contributed by atoms with E-state index in [9.17, 15) is 13.2 Å². The van der Waals surface area contributed by atoms with Crippen LogP contribution >= 0.6 is 0 Å². The van der Waals surface area contributed by atoms with Crippen LogP contribution in [-0.4, -0.2) is 31.5 Å². The van der Waals surface area contributed by atoms with Gasteiger partial charge in [-0.1, -0.05) is 27.4 Å². The second-order valence-corrected chi connectivity index (χ2v) is 8.65. The van der Waals surface area contributed by atoms with Crippen molar-refractivity contribution < 1.29 is 17.9 Å². The summed E-state index contributed by atoms with van der Waals surface area (Å²) in [4.78, 5) is 11.2. The van der Waals surface area contributed by atoms with Crippen molar-refractivity contribution >= 4 is 15.8 Å². The molecule has 0 saturated carbocycles. The average Bonchev–Trinajstić information content (AvgIpc) is 2.14. The van der Waals surface area contributed by atoms with E-state index in [4.69, 9.17) is 4.74 Å². The molecule has 0 aliphatic heterocycles. The topological polar surface area (TPSA) is 60.4 Å². The van der Waals surface area contributed by atoms with Gasteiger partial charge in [-0.2, -0.15) is 0 Å². The minimum Gasteiger partial charge on any atom is -0.461 e. The zero-order chi connectivity index (χ0) is 14.8. The lowest BCUT2D eigenvalue weighted by Crippen LogP contribution is -2.46. The molecule has 0 heterocycles. The summed E-state index contributed by atoms with van der Waals surface area (Å²) in [5, 5.41) is 0. The molecule has 0 spiro atoms. The molecule has 5 heteroatoms. The average molecular weight is 276 g/mol. The highest BCUT2D eigenvalue weighted by molar-refractivity contribution is 7.92. The number of rotatable bonds is 5. The summed E-state index contributed by atoms with van der Waals surface area (Å²) in [7, 11) is -3.35. The Morgan fingerprint density at radius 2 is 1.61 bits per heavy atom. The molecule has 0 aliphatic carbocycles. The minimum absolute atomic E-state index is 0.131. The third-order valence-electron chi connectivity index (χ3n) is 3.52. The highest BCUT2D eigenvalue weighted by atomic mass is 32.2. The molecule has 0 rings (SSSR count). The molecule has 0 aromatic rings. The number of sulfone groups is 1. The van der Waals surface area contributed by atoms with Gasteiger partial charge in [-0.25, -0.2) is 13.2 Å². The maximum atomic E-state index is 12.2. The molecule has 0 unspecified atom stereocenters. The lowest BCUT2D eigenvalue weighted by molar-refractivity contribution is -0.138. The Hall–Kier alpha value is -0.840. The normalized spacial score (nSPS) is 13.2. The van der Waals surface area contributed by atoms with E-state index in [0.29, 0.717) is 0 Å². The zero-order valence-electron chi connectivity index (χ0n) is 12.2. The Labute approximate surface area is 110 Å². The molecule has 18 heavy (non-hydrogen) atoms. The van der Waals surface area contributed by atoms with Gasteiger partial charge in [0.05, 0.1) is 10.5 Å². The van der Waals surface area contributed by atoms with Crippen molar-refractivity contribution in [3.05, 3.63) is 12.2 Å². The van der Waals surface area contributed by atoms with Crippen molar-refractivity contribution in [3.63, 3.8) is 0 Å². The van der Waals surface area contributed by atoms with Gasteiger partial charge in [0.25, 0.3) is 0 Å². The largest absolute Gasteiger partial charge is 0.461 e. The molecule has 0 atom stereocenters. The standard InChI is InChI=1S/C13H24O4S/c1-10(2)11(14)17-8-9-18(15,16)13(6,7)12(3,4)5/h1,8-9H2,2-7H3. The lowest BCUT2D eigenvalue weighted by Gasteiger charge is -2.37. The van der Waals surface area contributed by atoms with Gasteiger partial charge in [-0.15, -0.1) is 0 Å². The number of carbonyl (C=O) groups is 1. The second kappa shape index (κ2) is 5.43. The predicted molar refractivity (Wildman–Crippen MR) is 73.1 cm³/mol. The molecular formula is C13H24O4S. The van der Waals surface area contributed by atoms with Crippen LogP contribution < -0.4 is 0 Å². The van der Waals surface area contributed by atoms with Crippen LogP contribution in [0.25, 0.3) is 0 Å². The first-order chi connectivity index (χ1) is 7.83. The maximum absolute atomic E-state index is 12.2. The second-order valence-electron chi connectivity index (χ2n) is 6.00. The van der Waals surface area contributed by atoms with E-state index >= 15 is 0 Å². The van der Waals surface area contributed by atoms with Crippen molar-refractivity contribution in [2.24, 2.45) is 5.41 Å². The van der Waals surface area contributed by atoms with Crippen LogP contribution in [0.15, 0.2) is 12.2 Å². The summed E-state index contributed by atoms with van der Waals surface area (Å²) in [6, 6.07) is 0. The first-order valence-corrected chi connectivity index (χ1v) is 7.53. The molecular weight excluding hydrogens is 252 g/mol. The molecule has 0 aromatic heterocycles. The van der Waals surface area contributed by atoms with Gasteiger partial charge in [-0.3, -0.25) is 0 Å².